The Morgan fingerprint density at radius 3 is 2.65 bits per heavy atom. The van der Waals surface area contributed by atoms with Crippen LogP contribution in [0.1, 0.15) is 31.2 Å². The molecule has 0 unspecified atom stereocenters. The number of carboxylic acid groups (broad SMARTS) is 1. The predicted octanol–water partition coefficient (Wildman–Crippen LogP) is 1.88. The van der Waals surface area contributed by atoms with Crippen LogP contribution in [-0.4, -0.2) is 39.3 Å². The zero-order chi connectivity index (χ0) is 14.1. The van der Waals surface area contributed by atoms with E-state index in [2.05, 4.69) is 4.90 Å². The number of nitrogens with zero attached hydrogens (tertiary/aromatic N) is 1. The van der Waals surface area contributed by atoms with Crippen LogP contribution in [0.3, 0.4) is 0 Å². The van der Waals surface area contributed by atoms with E-state index in [0.29, 0.717) is 18.9 Å². The van der Waals surface area contributed by atoms with Crippen molar-refractivity contribution in [1.29, 1.82) is 0 Å². The fourth-order valence-electron chi connectivity index (χ4n) is 3.79. The molecule has 0 radical (unpaired) electrons. The van der Waals surface area contributed by atoms with E-state index >= 15 is 0 Å². The first kappa shape index (κ1) is 13.6. The Morgan fingerprint density at radius 2 is 1.95 bits per heavy atom. The van der Waals surface area contributed by atoms with Crippen molar-refractivity contribution in [3.63, 3.8) is 0 Å². The van der Waals surface area contributed by atoms with Gasteiger partial charge in [0.15, 0.2) is 0 Å². The number of aliphatic carboxylic acids is 1. The molecule has 1 heterocycles. The summed E-state index contributed by atoms with van der Waals surface area (Å²) in [7, 11) is 0. The molecule has 4 heteroatoms. The molecule has 2 N–H and O–H groups in total. The molecule has 0 bridgehead atoms. The SMILES string of the molecule is O=C(O)[C@@H]1C[C@@H]2CC[C@H](O)C[C@@H]2N1Cc1ccccc1. The maximum atomic E-state index is 11.5. The lowest BCUT2D eigenvalue weighted by Crippen LogP contribution is -2.43. The molecule has 20 heavy (non-hydrogen) atoms. The second kappa shape index (κ2) is 5.54. The third kappa shape index (κ3) is 2.58. The number of fused-ring (bicyclic) bond motifs is 1. The molecule has 0 spiro atoms. The van der Waals surface area contributed by atoms with Crippen molar-refractivity contribution in [1.82, 2.24) is 4.90 Å². The molecule has 4 nitrogen and oxygen atoms in total. The number of aliphatic hydroxyl groups is 1. The van der Waals surface area contributed by atoms with Crippen molar-refractivity contribution in [2.45, 2.75) is 50.4 Å². The monoisotopic (exact) mass is 275 g/mol. The maximum absolute atomic E-state index is 11.5. The fraction of sp³-hybridized carbons (Fsp3) is 0.562. The van der Waals surface area contributed by atoms with Gasteiger partial charge in [-0.15, -0.1) is 0 Å². The fourth-order valence-corrected chi connectivity index (χ4v) is 3.79. The Morgan fingerprint density at radius 1 is 1.20 bits per heavy atom. The summed E-state index contributed by atoms with van der Waals surface area (Å²) in [5.41, 5.74) is 1.14. The van der Waals surface area contributed by atoms with Gasteiger partial charge >= 0.3 is 5.97 Å². The predicted molar refractivity (Wildman–Crippen MR) is 75.2 cm³/mol. The van der Waals surface area contributed by atoms with Gasteiger partial charge in [-0.05, 0) is 37.2 Å². The molecule has 1 saturated carbocycles. The van der Waals surface area contributed by atoms with Crippen LogP contribution < -0.4 is 0 Å². The van der Waals surface area contributed by atoms with Crippen LogP contribution in [0.15, 0.2) is 30.3 Å². The summed E-state index contributed by atoms with van der Waals surface area (Å²) < 4.78 is 0. The van der Waals surface area contributed by atoms with E-state index in [9.17, 15) is 15.0 Å². The average Bonchev–Trinajstić information content (AvgIpc) is 2.78. The van der Waals surface area contributed by atoms with Gasteiger partial charge in [0.05, 0.1) is 6.10 Å². The normalized spacial score (nSPS) is 33.9. The van der Waals surface area contributed by atoms with Crippen LogP contribution >= 0.6 is 0 Å². The van der Waals surface area contributed by atoms with E-state index in [-0.39, 0.29) is 12.1 Å². The number of carbonyl (C=O) groups is 1. The van der Waals surface area contributed by atoms with Crippen molar-refractivity contribution in [3.05, 3.63) is 35.9 Å². The number of hydrogen-bond acceptors (Lipinski definition) is 3. The quantitative estimate of drug-likeness (QED) is 0.884. The average molecular weight is 275 g/mol. The standard InChI is InChI=1S/C16H21NO3/c18-13-7-6-12-8-15(16(19)20)17(14(12)9-13)10-11-4-2-1-3-5-11/h1-5,12-15,18H,6-10H2,(H,19,20)/t12-,13-,14-,15-/m0/s1. The number of aliphatic hydroxyl groups excluding tert-OH is 1. The van der Waals surface area contributed by atoms with Gasteiger partial charge in [-0.25, -0.2) is 0 Å². The van der Waals surface area contributed by atoms with Gasteiger partial charge in [0, 0.05) is 12.6 Å². The Kier molecular flexibility index (Phi) is 3.76. The molecule has 1 saturated heterocycles. The van der Waals surface area contributed by atoms with Gasteiger partial charge in [-0.2, -0.15) is 0 Å². The first-order chi connectivity index (χ1) is 9.65. The van der Waals surface area contributed by atoms with Crippen molar-refractivity contribution in [2.24, 2.45) is 5.92 Å². The van der Waals surface area contributed by atoms with Crippen LogP contribution in [0.5, 0.6) is 0 Å². The molecule has 0 aromatic heterocycles. The molecule has 4 atom stereocenters. The highest BCUT2D eigenvalue weighted by Gasteiger charge is 2.46. The lowest BCUT2D eigenvalue weighted by Gasteiger charge is -2.35. The third-order valence-corrected chi connectivity index (χ3v) is 4.77. The lowest BCUT2D eigenvalue weighted by atomic mass is 9.83. The Labute approximate surface area is 119 Å². The topological polar surface area (TPSA) is 60.8 Å². The van der Waals surface area contributed by atoms with E-state index in [0.717, 1.165) is 24.8 Å². The molecule has 0 amide bonds. The summed E-state index contributed by atoms with van der Waals surface area (Å²) in [4.78, 5) is 13.6. The van der Waals surface area contributed by atoms with Gasteiger partial charge in [-0.1, -0.05) is 30.3 Å². The van der Waals surface area contributed by atoms with E-state index in [1.807, 2.05) is 30.3 Å². The van der Waals surface area contributed by atoms with Gasteiger partial charge in [0.2, 0.25) is 0 Å². The molecule has 2 aliphatic rings. The second-order valence-corrected chi connectivity index (χ2v) is 6.04. The van der Waals surface area contributed by atoms with E-state index in [1.54, 1.807) is 0 Å². The minimum atomic E-state index is -0.732. The smallest absolute Gasteiger partial charge is 0.320 e. The van der Waals surface area contributed by atoms with Crippen molar-refractivity contribution >= 4 is 5.97 Å². The van der Waals surface area contributed by atoms with Crippen LogP contribution in [0.2, 0.25) is 0 Å². The third-order valence-electron chi connectivity index (χ3n) is 4.77. The Bertz CT molecular complexity index is 476. The molecule has 1 aromatic rings. The molecule has 1 aliphatic heterocycles. The van der Waals surface area contributed by atoms with Crippen molar-refractivity contribution < 1.29 is 15.0 Å². The van der Waals surface area contributed by atoms with Gasteiger partial charge < -0.3 is 10.2 Å². The van der Waals surface area contributed by atoms with Crippen molar-refractivity contribution in [3.8, 4) is 0 Å². The molecular weight excluding hydrogens is 254 g/mol. The van der Waals surface area contributed by atoms with E-state index in [1.165, 1.54) is 0 Å². The first-order valence-electron chi connectivity index (χ1n) is 7.35. The summed E-state index contributed by atoms with van der Waals surface area (Å²) in [6.45, 7) is 0.658. The zero-order valence-corrected chi connectivity index (χ0v) is 11.5. The minimum Gasteiger partial charge on any atom is -0.480 e. The Hall–Kier alpha value is -1.39. The highest BCUT2D eigenvalue weighted by molar-refractivity contribution is 5.74. The van der Waals surface area contributed by atoms with Crippen molar-refractivity contribution in [2.75, 3.05) is 0 Å². The second-order valence-electron chi connectivity index (χ2n) is 6.04. The molecule has 3 rings (SSSR count). The van der Waals surface area contributed by atoms with Gasteiger partial charge in [0.25, 0.3) is 0 Å². The molecule has 1 aliphatic carbocycles. The van der Waals surface area contributed by atoms with Crippen LogP contribution in [-0.2, 0) is 11.3 Å². The summed E-state index contributed by atoms with van der Waals surface area (Å²) in [5, 5.41) is 19.4. The van der Waals surface area contributed by atoms with E-state index < -0.39 is 12.0 Å². The van der Waals surface area contributed by atoms with Crippen LogP contribution in [0.4, 0.5) is 0 Å². The summed E-state index contributed by atoms with van der Waals surface area (Å²) in [6, 6.07) is 9.80. The highest BCUT2D eigenvalue weighted by atomic mass is 16.4. The number of carboxylic acids is 1. The molecule has 1 aromatic carbocycles. The number of rotatable bonds is 3. The molecular formula is C16H21NO3. The maximum Gasteiger partial charge on any atom is 0.320 e. The molecule has 108 valence electrons. The summed E-state index contributed by atoms with van der Waals surface area (Å²) in [5.74, 6) is -0.312. The van der Waals surface area contributed by atoms with Crippen LogP contribution in [0.25, 0.3) is 0 Å². The summed E-state index contributed by atoms with van der Waals surface area (Å²) in [6.07, 6.45) is 2.91. The first-order valence-corrected chi connectivity index (χ1v) is 7.35. The Balaban J connectivity index is 1.81. The lowest BCUT2D eigenvalue weighted by molar-refractivity contribution is -0.143. The summed E-state index contributed by atoms with van der Waals surface area (Å²) >= 11 is 0. The largest absolute Gasteiger partial charge is 0.480 e. The minimum absolute atomic E-state index is 0.208. The highest BCUT2D eigenvalue weighted by Crippen LogP contribution is 2.40. The van der Waals surface area contributed by atoms with E-state index in [4.69, 9.17) is 0 Å². The number of likely N-dealkylation sites (tertiary alicyclic amines) is 1. The van der Waals surface area contributed by atoms with Gasteiger partial charge in [0.1, 0.15) is 6.04 Å². The number of hydrogen-bond donors (Lipinski definition) is 2. The zero-order valence-electron chi connectivity index (χ0n) is 11.5. The molecule has 2 fully saturated rings. The number of benzene rings is 1. The van der Waals surface area contributed by atoms with Crippen LogP contribution in [0, 0.1) is 5.92 Å². The van der Waals surface area contributed by atoms with Gasteiger partial charge in [-0.3, -0.25) is 9.69 Å².